The average Bonchev–Trinajstić information content (AvgIpc) is 3.16. The van der Waals surface area contributed by atoms with Gasteiger partial charge >= 0.3 is 0 Å². The minimum atomic E-state index is 0.0506. The Morgan fingerprint density at radius 2 is 1.92 bits per heavy atom. The highest BCUT2D eigenvalue weighted by Crippen LogP contribution is 2.35. The van der Waals surface area contributed by atoms with E-state index in [9.17, 15) is 9.59 Å². The summed E-state index contributed by atoms with van der Waals surface area (Å²) < 4.78 is 5.36. The number of ether oxygens (including phenoxy) is 1. The summed E-state index contributed by atoms with van der Waals surface area (Å²) in [5.74, 6) is 0.456. The van der Waals surface area contributed by atoms with Crippen molar-refractivity contribution in [3.8, 4) is 0 Å². The summed E-state index contributed by atoms with van der Waals surface area (Å²) in [6, 6.07) is 4.10. The second-order valence-corrected chi connectivity index (χ2v) is 6.92. The number of carbonyl (C=O) groups excluding carboxylic acids is 2. The van der Waals surface area contributed by atoms with E-state index in [1.807, 2.05) is 21.9 Å². The molecule has 0 bridgehead atoms. The third-order valence-corrected chi connectivity index (χ3v) is 5.57. The number of aromatic nitrogens is 1. The first-order valence-corrected chi connectivity index (χ1v) is 8.80. The van der Waals surface area contributed by atoms with Gasteiger partial charge in [0.25, 0.3) is 0 Å². The van der Waals surface area contributed by atoms with Crippen LogP contribution in [0.5, 0.6) is 0 Å². The fourth-order valence-electron chi connectivity index (χ4n) is 4.27. The number of nitrogens with zero attached hydrogens (tertiary/aromatic N) is 3. The van der Waals surface area contributed by atoms with Crippen LogP contribution < -0.4 is 0 Å². The Bertz CT molecular complexity index is 615. The Morgan fingerprint density at radius 1 is 1.17 bits per heavy atom. The lowest BCUT2D eigenvalue weighted by Gasteiger charge is -2.30. The number of pyridine rings is 1. The Morgan fingerprint density at radius 3 is 2.67 bits per heavy atom. The predicted molar refractivity (Wildman–Crippen MR) is 86.9 cm³/mol. The fourth-order valence-corrected chi connectivity index (χ4v) is 4.27. The predicted octanol–water partition coefficient (Wildman–Crippen LogP) is 1.21. The summed E-state index contributed by atoms with van der Waals surface area (Å²) in [4.78, 5) is 33.3. The van der Waals surface area contributed by atoms with Gasteiger partial charge in [0.15, 0.2) is 0 Å². The number of fused-ring (bicyclic) bond motifs is 1. The molecule has 0 radical (unpaired) electrons. The van der Waals surface area contributed by atoms with Crippen LogP contribution in [0, 0.1) is 5.92 Å². The van der Waals surface area contributed by atoms with Gasteiger partial charge in [-0.15, -0.1) is 0 Å². The Labute approximate surface area is 141 Å². The topological polar surface area (TPSA) is 62.7 Å². The highest BCUT2D eigenvalue weighted by molar-refractivity contribution is 5.84. The van der Waals surface area contributed by atoms with Crippen molar-refractivity contribution in [3.05, 3.63) is 30.1 Å². The molecular formula is C18H23N3O3. The maximum Gasteiger partial charge on any atom is 0.226 e. The molecule has 0 unspecified atom stereocenters. The van der Waals surface area contributed by atoms with Gasteiger partial charge in [0.1, 0.15) is 0 Å². The fraction of sp³-hybridized carbons (Fsp3) is 0.611. The molecule has 0 aromatic carbocycles. The monoisotopic (exact) mass is 329 g/mol. The third kappa shape index (κ3) is 2.79. The minimum absolute atomic E-state index is 0.0506. The third-order valence-electron chi connectivity index (χ3n) is 5.57. The molecule has 4 rings (SSSR count). The van der Waals surface area contributed by atoms with E-state index in [1.165, 1.54) is 0 Å². The first kappa shape index (κ1) is 15.6. The molecule has 1 aromatic rings. The summed E-state index contributed by atoms with van der Waals surface area (Å²) in [6.45, 7) is 2.73. The largest absolute Gasteiger partial charge is 0.381 e. The van der Waals surface area contributed by atoms with Crippen molar-refractivity contribution < 1.29 is 14.3 Å². The number of likely N-dealkylation sites (tertiary alicyclic amines) is 2. The SMILES string of the molecule is O=C(C1CCOCC1)N1CC[C@H]2[C@H]1CC(=O)N2Cc1ccncc1. The quantitative estimate of drug-likeness (QED) is 0.836. The van der Waals surface area contributed by atoms with Crippen LogP contribution in [0.25, 0.3) is 0 Å². The van der Waals surface area contributed by atoms with Crippen LogP contribution in [0.3, 0.4) is 0 Å². The van der Waals surface area contributed by atoms with E-state index >= 15 is 0 Å². The van der Waals surface area contributed by atoms with Gasteiger partial charge in [-0.2, -0.15) is 0 Å². The lowest BCUT2D eigenvalue weighted by atomic mass is 9.98. The zero-order chi connectivity index (χ0) is 16.5. The molecule has 0 spiro atoms. The molecule has 1 aromatic heterocycles. The van der Waals surface area contributed by atoms with E-state index < -0.39 is 0 Å². The van der Waals surface area contributed by atoms with Crippen LogP contribution in [-0.2, 0) is 20.9 Å². The van der Waals surface area contributed by atoms with Crippen molar-refractivity contribution in [2.45, 2.75) is 44.3 Å². The van der Waals surface area contributed by atoms with Crippen LogP contribution in [0.15, 0.2) is 24.5 Å². The Kier molecular flexibility index (Phi) is 4.22. The number of carbonyl (C=O) groups is 2. The van der Waals surface area contributed by atoms with Gasteiger partial charge in [-0.1, -0.05) is 0 Å². The van der Waals surface area contributed by atoms with E-state index in [0.717, 1.165) is 31.4 Å². The van der Waals surface area contributed by atoms with E-state index in [0.29, 0.717) is 26.2 Å². The Balaban J connectivity index is 1.46. The molecule has 3 aliphatic rings. The molecular weight excluding hydrogens is 306 g/mol. The molecule has 2 amide bonds. The van der Waals surface area contributed by atoms with Gasteiger partial charge < -0.3 is 14.5 Å². The molecule has 3 fully saturated rings. The minimum Gasteiger partial charge on any atom is -0.381 e. The van der Waals surface area contributed by atoms with E-state index in [4.69, 9.17) is 4.74 Å². The molecule has 128 valence electrons. The van der Waals surface area contributed by atoms with Crippen LogP contribution >= 0.6 is 0 Å². The molecule has 6 heteroatoms. The van der Waals surface area contributed by atoms with Crippen LogP contribution in [0.1, 0.15) is 31.2 Å². The van der Waals surface area contributed by atoms with Crippen molar-refractivity contribution >= 4 is 11.8 Å². The number of rotatable bonds is 3. The summed E-state index contributed by atoms with van der Waals surface area (Å²) in [7, 11) is 0. The highest BCUT2D eigenvalue weighted by Gasteiger charge is 2.49. The summed E-state index contributed by atoms with van der Waals surface area (Å²) >= 11 is 0. The summed E-state index contributed by atoms with van der Waals surface area (Å²) in [5.41, 5.74) is 1.09. The second-order valence-electron chi connectivity index (χ2n) is 6.92. The van der Waals surface area contributed by atoms with Gasteiger partial charge in [-0.05, 0) is 37.0 Å². The molecule has 4 heterocycles. The lowest BCUT2D eigenvalue weighted by molar-refractivity contribution is -0.139. The normalized spacial score (nSPS) is 27.6. The average molecular weight is 329 g/mol. The zero-order valence-corrected chi connectivity index (χ0v) is 13.8. The van der Waals surface area contributed by atoms with Gasteiger partial charge in [0.05, 0.1) is 12.1 Å². The van der Waals surface area contributed by atoms with Gasteiger partial charge in [0.2, 0.25) is 11.8 Å². The first-order chi connectivity index (χ1) is 11.7. The van der Waals surface area contributed by atoms with Crippen molar-refractivity contribution in [1.29, 1.82) is 0 Å². The van der Waals surface area contributed by atoms with Gasteiger partial charge in [-0.3, -0.25) is 14.6 Å². The van der Waals surface area contributed by atoms with E-state index in [-0.39, 0.29) is 29.8 Å². The number of amides is 2. The second kappa shape index (κ2) is 6.51. The van der Waals surface area contributed by atoms with Gasteiger partial charge in [-0.25, -0.2) is 0 Å². The van der Waals surface area contributed by atoms with E-state index in [2.05, 4.69) is 4.98 Å². The molecule has 6 nitrogen and oxygen atoms in total. The van der Waals surface area contributed by atoms with E-state index in [1.54, 1.807) is 12.4 Å². The molecule has 0 N–H and O–H groups in total. The molecule has 0 aliphatic carbocycles. The van der Waals surface area contributed by atoms with Crippen molar-refractivity contribution in [1.82, 2.24) is 14.8 Å². The molecule has 2 atom stereocenters. The van der Waals surface area contributed by atoms with Crippen LogP contribution in [0.2, 0.25) is 0 Å². The van der Waals surface area contributed by atoms with Crippen LogP contribution in [0.4, 0.5) is 0 Å². The first-order valence-electron chi connectivity index (χ1n) is 8.80. The number of hydrogen-bond donors (Lipinski definition) is 0. The summed E-state index contributed by atoms with van der Waals surface area (Å²) in [6.07, 6.45) is 6.47. The highest BCUT2D eigenvalue weighted by atomic mass is 16.5. The standard InChI is InChI=1S/C18H23N3O3/c22-17-11-16-15(21(17)12-13-1-6-19-7-2-13)3-8-20(16)18(23)14-4-9-24-10-5-14/h1-2,6-7,14-16H,3-5,8-12H2/t15-,16+/m0/s1. The number of hydrogen-bond acceptors (Lipinski definition) is 4. The smallest absolute Gasteiger partial charge is 0.226 e. The Hall–Kier alpha value is -1.95. The van der Waals surface area contributed by atoms with Crippen molar-refractivity contribution in [2.24, 2.45) is 5.92 Å². The zero-order valence-electron chi connectivity index (χ0n) is 13.8. The summed E-state index contributed by atoms with van der Waals surface area (Å²) in [5, 5.41) is 0. The molecule has 24 heavy (non-hydrogen) atoms. The lowest BCUT2D eigenvalue weighted by Crippen LogP contribution is -2.43. The molecule has 3 saturated heterocycles. The maximum absolute atomic E-state index is 12.8. The van der Waals surface area contributed by atoms with Gasteiger partial charge in [0, 0.05) is 51.0 Å². The molecule has 3 aliphatic heterocycles. The molecule has 0 saturated carbocycles. The van der Waals surface area contributed by atoms with Crippen molar-refractivity contribution in [2.75, 3.05) is 19.8 Å². The van der Waals surface area contributed by atoms with Crippen molar-refractivity contribution in [3.63, 3.8) is 0 Å². The van der Waals surface area contributed by atoms with Crippen LogP contribution in [-0.4, -0.2) is 58.4 Å². The maximum atomic E-state index is 12.8.